The number of benzene rings is 2. The number of carbonyl (C=O) groups is 2. The van der Waals surface area contributed by atoms with Crippen LogP contribution in [0.1, 0.15) is 22.8 Å². The number of aromatic nitrogens is 1. The lowest BCUT2D eigenvalue weighted by Gasteiger charge is -2.10. The van der Waals surface area contributed by atoms with Crippen LogP contribution in [0.3, 0.4) is 0 Å². The predicted molar refractivity (Wildman–Crippen MR) is 107 cm³/mol. The van der Waals surface area contributed by atoms with Crippen molar-refractivity contribution in [3.63, 3.8) is 0 Å². The van der Waals surface area contributed by atoms with Crippen LogP contribution in [0, 0.1) is 11.3 Å². The van der Waals surface area contributed by atoms with Crippen molar-refractivity contribution in [3.05, 3.63) is 78.1 Å². The van der Waals surface area contributed by atoms with E-state index in [1.807, 2.05) is 18.2 Å². The molecule has 0 aliphatic rings. The van der Waals surface area contributed by atoms with E-state index in [1.54, 1.807) is 48.7 Å². The Hall–Kier alpha value is -4.18. The molecule has 1 heterocycles. The highest BCUT2D eigenvalue weighted by molar-refractivity contribution is 6.04. The van der Waals surface area contributed by atoms with E-state index in [-0.39, 0.29) is 11.8 Å². The number of pyridine rings is 1. The van der Waals surface area contributed by atoms with Gasteiger partial charge in [0.05, 0.1) is 29.1 Å². The Balaban J connectivity index is 1.72. The highest BCUT2D eigenvalue weighted by Gasteiger charge is 2.08. The first kappa shape index (κ1) is 18.6. The molecule has 0 atom stereocenters. The van der Waals surface area contributed by atoms with Crippen LogP contribution in [-0.4, -0.2) is 16.8 Å². The van der Waals surface area contributed by atoms with Crippen LogP contribution in [0.4, 0.5) is 22.7 Å². The minimum Gasteiger partial charge on any atom is -0.354 e. The molecule has 0 spiro atoms. The van der Waals surface area contributed by atoms with E-state index < -0.39 is 0 Å². The maximum Gasteiger partial charge on any atom is 0.257 e. The number of amides is 2. The third-order valence-electron chi connectivity index (χ3n) is 3.74. The van der Waals surface area contributed by atoms with Crippen molar-refractivity contribution in [2.24, 2.45) is 0 Å². The van der Waals surface area contributed by atoms with E-state index in [0.29, 0.717) is 28.2 Å². The monoisotopic (exact) mass is 371 g/mol. The van der Waals surface area contributed by atoms with Gasteiger partial charge in [-0.15, -0.1) is 0 Å². The standard InChI is InChI=1S/C21H17N5O2/c1-14(27)24-18-3-2-4-19(10-18)25-20-9-16(12-23-13-20)21(28)26-17-7-5-15(11-22)6-8-17/h2-10,12-13,25H,1H3,(H,24,27)(H,26,28). The Morgan fingerprint density at radius 2 is 1.64 bits per heavy atom. The lowest BCUT2D eigenvalue weighted by Crippen LogP contribution is -2.12. The lowest BCUT2D eigenvalue weighted by atomic mass is 10.2. The van der Waals surface area contributed by atoms with E-state index in [1.165, 1.54) is 13.1 Å². The number of carbonyl (C=O) groups excluding carboxylic acids is 2. The molecule has 28 heavy (non-hydrogen) atoms. The van der Waals surface area contributed by atoms with Crippen LogP contribution in [0.15, 0.2) is 67.0 Å². The number of rotatable bonds is 5. The average Bonchev–Trinajstić information content (AvgIpc) is 2.68. The van der Waals surface area contributed by atoms with Gasteiger partial charge in [0.15, 0.2) is 0 Å². The summed E-state index contributed by atoms with van der Waals surface area (Å²) in [4.78, 5) is 27.7. The summed E-state index contributed by atoms with van der Waals surface area (Å²) in [6, 6.07) is 17.5. The second-order valence-electron chi connectivity index (χ2n) is 5.99. The van der Waals surface area contributed by atoms with E-state index in [2.05, 4.69) is 20.9 Å². The summed E-state index contributed by atoms with van der Waals surface area (Å²) in [5.41, 5.74) is 3.54. The molecular formula is C21H17N5O2. The summed E-state index contributed by atoms with van der Waals surface area (Å²) in [7, 11) is 0. The van der Waals surface area contributed by atoms with Crippen LogP contribution < -0.4 is 16.0 Å². The van der Waals surface area contributed by atoms with Crippen molar-refractivity contribution in [3.8, 4) is 6.07 Å². The molecule has 0 saturated heterocycles. The second-order valence-corrected chi connectivity index (χ2v) is 5.99. The summed E-state index contributed by atoms with van der Waals surface area (Å²) in [5, 5.41) is 17.5. The van der Waals surface area contributed by atoms with Crippen LogP contribution in [0.2, 0.25) is 0 Å². The van der Waals surface area contributed by atoms with Gasteiger partial charge in [-0.25, -0.2) is 0 Å². The molecule has 3 N–H and O–H groups in total. The molecule has 138 valence electrons. The van der Waals surface area contributed by atoms with Crippen molar-refractivity contribution in [2.45, 2.75) is 6.92 Å². The summed E-state index contributed by atoms with van der Waals surface area (Å²) < 4.78 is 0. The Bertz CT molecular complexity index is 1050. The zero-order valence-electron chi connectivity index (χ0n) is 15.1. The minimum atomic E-state index is -0.312. The third kappa shape index (κ3) is 4.93. The van der Waals surface area contributed by atoms with Gasteiger partial charge in [-0.2, -0.15) is 5.26 Å². The molecule has 0 fully saturated rings. The van der Waals surface area contributed by atoms with Gasteiger partial charge in [0.25, 0.3) is 5.91 Å². The number of anilines is 4. The SMILES string of the molecule is CC(=O)Nc1cccc(Nc2cncc(C(=O)Nc3ccc(C#N)cc3)c2)c1. The number of hydrogen-bond donors (Lipinski definition) is 3. The fourth-order valence-electron chi connectivity index (χ4n) is 2.51. The molecule has 7 nitrogen and oxygen atoms in total. The first-order valence-electron chi connectivity index (χ1n) is 8.45. The van der Waals surface area contributed by atoms with Crippen LogP contribution >= 0.6 is 0 Å². The van der Waals surface area contributed by atoms with E-state index in [9.17, 15) is 9.59 Å². The molecule has 3 rings (SSSR count). The molecule has 0 saturated carbocycles. The highest BCUT2D eigenvalue weighted by atomic mass is 16.2. The summed E-state index contributed by atoms with van der Waals surface area (Å²) in [6.45, 7) is 1.44. The van der Waals surface area contributed by atoms with Gasteiger partial charge in [0.1, 0.15) is 0 Å². The van der Waals surface area contributed by atoms with Gasteiger partial charge in [-0.05, 0) is 48.5 Å². The Labute approximate surface area is 162 Å². The first-order chi connectivity index (χ1) is 13.5. The summed E-state index contributed by atoms with van der Waals surface area (Å²) >= 11 is 0. The molecule has 1 aromatic heterocycles. The molecule has 0 unspecified atom stereocenters. The molecule has 0 radical (unpaired) electrons. The Morgan fingerprint density at radius 3 is 2.36 bits per heavy atom. The largest absolute Gasteiger partial charge is 0.354 e. The molecule has 0 bridgehead atoms. The van der Waals surface area contributed by atoms with Crippen LogP contribution in [-0.2, 0) is 4.79 Å². The molecule has 0 aliphatic carbocycles. The van der Waals surface area contributed by atoms with Gasteiger partial charge in [0, 0.05) is 30.2 Å². The molecule has 2 aromatic carbocycles. The molecule has 7 heteroatoms. The fourth-order valence-corrected chi connectivity index (χ4v) is 2.51. The highest BCUT2D eigenvalue weighted by Crippen LogP contribution is 2.21. The Kier molecular flexibility index (Phi) is 5.63. The fraction of sp³-hybridized carbons (Fsp3) is 0.0476. The topological polar surface area (TPSA) is 107 Å². The number of nitrogens with one attached hydrogen (secondary N) is 3. The van der Waals surface area contributed by atoms with E-state index in [0.717, 1.165) is 5.69 Å². The summed E-state index contributed by atoms with van der Waals surface area (Å²) in [5.74, 6) is -0.465. The number of nitriles is 1. The predicted octanol–water partition coefficient (Wildman–Crippen LogP) is 3.91. The molecule has 0 aliphatic heterocycles. The number of nitrogens with zero attached hydrogens (tertiary/aromatic N) is 2. The van der Waals surface area contributed by atoms with Crippen molar-refractivity contribution in [2.75, 3.05) is 16.0 Å². The van der Waals surface area contributed by atoms with E-state index >= 15 is 0 Å². The second kappa shape index (κ2) is 8.47. The molecular weight excluding hydrogens is 354 g/mol. The van der Waals surface area contributed by atoms with Gasteiger partial charge in [0.2, 0.25) is 5.91 Å². The van der Waals surface area contributed by atoms with Crippen molar-refractivity contribution >= 4 is 34.6 Å². The zero-order chi connectivity index (χ0) is 19.9. The van der Waals surface area contributed by atoms with Gasteiger partial charge in [-0.1, -0.05) is 6.07 Å². The summed E-state index contributed by atoms with van der Waals surface area (Å²) in [6.07, 6.45) is 3.07. The zero-order valence-corrected chi connectivity index (χ0v) is 15.1. The average molecular weight is 371 g/mol. The maximum absolute atomic E-state index is 12.5. The quantitative estimate of drug-likeness (QED) is 0.630. The van der Waals surface area contributed by atoms with Gasteiger partial charge >= 0.3 is 0 Å². The van der Waals surface area contributed by atoms with Gasteiger partial charge in [-0.3, -0.25) is 14.6 Å². The van der Waals surface area contributed by atoms with Crippen LogP contribution in [0.25, 0.3) is 0 Å². The van der Waals surface area contributed by atoms with Gasteiger partial charge < -0.3 is 16.0 Å². The first-order valence-corrected chi connectivity index (χ1v) is 8.45. The smallest absolute Gasteiger partial charge is 0.257 e. The third-order valence-corrected chi connectivity index (χ3v) is 3.74. The minimum absolute atomic E-state index is 0.153. The van der Waals surface area contributed by atoms with Crippen molar-refractivity contribution in [1.82, 2.24) is 4.98 Å². The van der Waals surface area contributed by atoms with Crippen LogP contribution in [0.5, 0.6) is 0 Å². The van der Waals surface area contributed by atoms with Crippen molar-refractivity contribution < 1.29 is 9.59 Å². The molecule has 2 amide bonds. The van der Waals surface area contributed by atoms with Crippen molar-refractivity contribution in [1.29, 1.82) is 5.26 Å². The van der Waals surface area contributed by atoms with E-state index in [4.69, 9.17) is 5.26 Å². The normalized spacial score (nSPS) is 9.86. The number of hydrogen-bond acceptors (Lipinski definition) is 5. The Morgan fingerprint density at radius 1 is 0.893 bits per heavy atom. The lowest BCUT2D eigenvalue weighted by molar-refractivity contribution is -0.114. The maximum atomic E-state index is 12.5. The molecule has 3 aromatic rings.